The van der Waals surface area contributed by atoms with Gasteiger partial charge in [0.25, 0.3) is 0 Å². The van der Waals surface area contributed by atoms with Crippen LogP contribution in [0, 0.1) is 0 Å². The van der Waals surface area contributed by atoms with Gasteiger partial charge in [-0.1, -0.05) is 13.8 Å². The first-order valence-electron chi connectivity index (χ1n) is 6.21. The van der Waals surface area contributed by atoms with Gasteiger partial charge in [-0.25, -0.2) is 4.79 Å². The monoisotopic (exact) mass is 251 g/mol. The summed E-state index contributed by atoms with van der Waals surface area (Å²) in [5.74, 6) is 0.417. The van der Waals surface area contributed by atoms with E-state index in [1.54, 1.807) is 24.3 Å². The van der Waals surface area contributed by atoms with Gasteiger partial charge in [-0.3, -0.25) is 4.90 Å². The van der Waals surface area contributed by atoms with Crippen LogP contribution >= 0.6 is 0 Å². The predicted molar refractivity (Wildman–Crippen MR) is 70.8 cm³/mol. The van der Waals surface area contributed by atoms with E-state index < -0.39 is 0 Å². The van der Waals surface area contributed by atoms with Gasteiger partial charge in [0.05, 0.1) is 12.7 Å². The van der Waals surface area contributed by atoms with Gasteiger partial charge in [0, 0.05) is 0 Å². The second kappa shape index (κ2) is 7.01. The lowest BCUT2D eigenvalue weighted by atomic mass is 10.2. The molecule has 0 N–H and O–H groups in total. The normalized spacial score (nSPS) is 12.3. The summed E-state index contributed by atoms with van der Waals surface area (Å²) in [7, 11) is 1.37. The standard InChI is InChI=1S/C14H21NO3/c1-5-15(6-2)11(3)18-13-9-7-12(8-10-13)14(16)17-4/h7-11H,5-6H2,1-4H3. The Morgan fingerprint density at radius 2 is 1.78 bits per heavy atom. The lowest BCUT2D eigenvalue weighted by molar-refractivity contribution is 0.0480. The van der Waals surface area contributed by atoms with Crippen molar-refractivity contribution in [1.82, 2.24) is 4.90 Å². The number of hydrogen-bond acceptors (Lipinski definition) is 4. The average molecular weight is 251 g/mol. The van der Waals surface area contributed by atoms with Crippen LogP contribution in [-0.2, 0) is 4.74 Å². The van der Waals surface area contributed by atoms with Crippen LogP contribution < -0.4 is 4.74 Å². The Balaban J connectivity index is 2.66. The molecule has 0 aliphatic carbocycles. The fourth-order valence-corrected chi connectivity index (χ4v) is 1.80. The summed E-state index contributed by atoms with van der Waals surface area (Å²) < 4.78 is 10.4. The highest BCUT2D eigenvalue weighted by Crippen LogP contribution is 2.15. The molecule has 0 aromatic heterocycles. The minimum atomic E-state index is -0.335. The predicted octanol–water partition coefficient (Wildman–Crippen LogP) is 2.54. The third-order valence-corrected chi connectivity index (χ3v) is 2.91. The molecule has 0 amide bonds. The minimum absolute atomic E-state index is 0.0176. The highest BCUT2D eigenvalue weighted by atomic mass is 16.5. The SMILES string of the molecule is CCN(CC)C(C)Oc1ccc(C(=O)OC)cc1. The highest BCUT2D eigenvalue weighted by molar-refractivity contribution is 5.89. The topological polar surface area (TPSA) is 38.8 Å². The lowest BCUT2D eigenvalue weighted by Gasteiger charge is -2.26. The van der Waals surface area contributed by atoms with E-state index in [9.17, 15) is 4.79 Å². The Bertz CT molecular complexity index is 371. The zero-order valence-electron chi connectivity index (χ0n) is 11.5. The summed E-state index contributed by atoms with van der Waals surface area (Å²) in [6.45, 7) is 8.10. The van der Waals surface area contributed by atoms with E-state index in [2.05, 4.69) is 23.5 Å². The molecule has 0 heterocycles. The van der Waals surface area contributed by atoms with Gasteiger partial charge in [-0.15, -0.1) is 0 Å². The number of hydrogen-bond donors (Lipinski definition) is 0. The maximum atomic E-state index is 11.3. The van der Waals surface area contributed by atoms with Crippen LogP contribution in [-0.4, -0.2) is 37.3 Å². The van der Waals surface area contributed by atoms with Crippen LogP contribution in [0.5, 0.6) is 5.75 Å². The number of methoxy groups -OCH3 is 1. The van der Waals surface area contributed by atoms with Gasteiger partial charge in [0.2, 0.25) is 0 Å². The fourth-order valence-electron chi connectivity index (χ4n) is 1.80. The Morgan fingerprint density at radius 3 is 2.22 bits per heavy atom. The second-order valence-electron chi connectivity index (χ2n) is 3.95. The summed E-state index contributed by atoms with van der Waals surface area (Å²) in [6, 6.07) is 6.98. The van der Waals surface area contributed by atoms with Crippen LogP contribution in [0.25, 0.3) is 0 Å². The Morgan fingerprint density at radius 1 is 1.22 bits per heavy atom. The zero-order chi connectivity index (χ0) is 13.5. The molecular weight excluding hydrogens is 230 g/mol. The minimum Gasteiger partial charge on any atom is -0.475 e. The van der Waals surface area contributed by atoms with Crippen molar-refractivity contribution in [1.29, 1.82) is 0 Å². The van der Waals surface area contributed by atoms with Crippen molar-refractivity contribution in [2.45, 2.75) is 27.0 Å². The van der Waals surface area contributed by atoms with Crippen molar-refractivity contribution in [3.8, 4) is 5.75 Å². The summed E-state index contributed by atoms with van der Waals surface area (Å²) in [5.41, 5.74) is 0.528. The molecular formula is C14H21NO3. The van der Waals surface area contributed by atoms with Crippen molar-refractivity contribution in [3.05, 3.63) is 29.8 Å². The molecule has 0 aliphatic heterocycles. The molecule has 100 valence electrons. The van der Waals surface area contributed by atoms with E-state index in [4.69, 9.17) is 4.74 Å². The molecule has 1 rings (SSSR count). The summed E-state index contributed by atoms with van der Waals surface area (Å²) in [4.78, 5) is 13.5. The second-order valence-corrected chi connectivity index (χ2v) is 3.95. The number of carbonyl (C=O) groups excluding carboxylic acids is 1. The molecule has 1 atom stereocenters. The Hall–Kier alpha value is -1.55. The molecule has 0 radical (unpaired) electrons. The lowest BCUT2D eigenvalue weighted by Crippen LogP contribution is -2.36. The number of esters is 1. The van der Waals surface area contributed by atoms with Gasteiger partial charge in [0.15, 0.2) is 0 Å². The third kappa shape index (κ3) is 3.74. The third-order valence-electron chi connectivity index (χ3n) is 2.91. The average Bonchev–Trinajstić information content (AvgIpc) is 2.40. The molecule has 1 unspecified atom stereocenters. The van der Waals surface area contributed by atoms with Crippen LogP contribution in [0.2, 0.25) is 0 Å². The van der Waals surface area contributed by atoms with Crippen LogP contribution in [0.4, 0.5) is 0 Å². The first kappa shape index (κ1) is 14.5. The number of carbonyl (C=O) groups is 1. The van der Waals surface area contributed by atoms with E-state index >= 15 is 0 Å². The van der Waals surface area contributed by atoms with Crippen molar-refractivity contribution < 1.29 is 14.3 Å². The smallest absolute Gasteiger partial charge is 0.337 e. The molecule has 1 aromatic carbocycles. The van der Waals surface area contributed by atoms with Gasteiger partial charge < -0.3 is 9.47 Å². The van der Waals surface area contributed by atoms with Crippen LogP contribution in [0.3, 0.4) is 0 Å². The van der Waals surface area contributed by atoms with E-state index in [1.165, 1.54) is 7.11 Å². The largest absolute Gasteiger partial charge is 0.475 e. The molecule has 0 saturated carbocycles. The molecule has 4 nitrogen and oxygen atoms in total. The summed E-state index contributed by atoms with van der Waals surface area (Å²) >= 11 is 0. The summed E-state index contributed by atoms with van der Waals surface area (Å²) in [5, 5.41) is 0. The maximum absolute atomic E-state index is 11.3. The van der Waals surface area contributed by atoms with E-state index in [0.717, 1.165) is 18.8 Å². The summed E-state index contributed by atoms with van der Waals surface area (Å²) in [6.07, 6.45) is 0.0176. The highest BCUT2D eigenvalue weighted by Gasteiger charge is 2.11. The molecule has 0 bridgehead atoms. The number of nitrogens with zero attached hydrogens (tertiary/aromatic N) is 1. The number of rotatable bonds is 6. The van der Waals surface area contributed by atoms with Crippen molar-refractivity contribution in [3.63, 3.8) is 0 Å². The van der Waals surface area contributed by atoms with Gasteiger partial charge >= 0.3 is 5.97 Å². The van der Waals surface area contributed by atoms with Gasteiger partial charge in [-0.2, -0.15) is 0 Å². The Labute approximate surface area is 108 Å². The van der Waals surface area contributed by atoms with Crippen molar-refractivity contribution in [2.24, 2.45) is 0 Å². The Kier molecular flexibility index (Phi) is 5.65. The molecule has 0 saturated heterocycles. The molecule has 1 aromatic rings. The molecule has 0 fully saturated rings. The van der Waals surface area contributed by atoms with Crippen LogP contribution in [0.1, 0.15) is 31.1 Å². The van der Waals surface area contributed by atoms with E-state index in [0.29, 0.717) is 5.56 Å². The number of benzene rings is 1. The van der Waals surface area contributed by atoms with E-state index in [-0.39, 0.29) is 12.2 Å². The van der Waals surface area contributed by atoms with Crippen molar-refractivity contribution in [2.75, 3.05) is 20.2 Å². The molecule has 18 heavy (non-hydrogen) atoms. The zero-order valence-corrected chi connectivity index (χ0v) is 11.5. The first-order valence-corrected chi connectivity index (χ1v) is 6.21. The number of ether oxygens (including phenoxy) is 2. The van der Waals surface area contributed by atoms with Crippen LogP contribution in [0.15, 0.2) is 24.3 Å². The van der Waals surface area contributed by atoms with E-state index in [1.807, 2.05) is 6.92 Å². The fraction of sp³-hybridized carbons (Fsp3) is 0.500. The van der Waals surface area contributed by atoms with Crippen molar-refractivity contribution >= 4 is 5.97 Å². The maximum Gasteiger partial charge on any atom is 0.337 e. The molecule has 0 spiro atoms. The quantitative estimate of drug-likeness (QED) is 0.575. The molecule has 4 heteroatoms. The first-order chi connectivity index (χ1) is 8.62. The van der Waals surface area contributed by atoms with Gasteiger partial charge in [-0.05, 0) is 44.3 Å². The van der Waals surface area contributed by atoms with Gasteiger partial charge in [0.1, 0.15) is 12.0 Å². The molecule has 0 aliphatic rings.